The first-order chi connectivity index (χ1) is 14.9. The first-order valence-electron chi connectivity index (χ1n) is 12.8. The molecule has 0 heterocycles. The molecule has 6 heteroatoms. The minimum Gasteiger partial charge on any atom is -0.481 e. The predicted octanol–water partition coefficient (Wildman–Crippen LogP) is 6.30. The van der Waals surface area contributed by atoms with Crippen molar-refractivity contribution in [3.05, 3.63) is 12.2 Å². The number of aliphatic carboxylic acids is 1. The van der Waals surface area contributed by atoms with Gasteiger partial charge in [0.2, 0.25) is 0 Å². The average Bonchev–Trinajstić information content (AvgIpc) is 2.94. The lowest BCUT2D eigenvalue weighted by Gasteiger charge is -2.39. The summed E-state index contributed by atoms with van der Waals surface area (Å²) >= 11 is 0. The van der Waals surface area contributed by atoms with Crippen LogP contribution in [-0.2, 0) is 9.22 Å². The Hall–Kier alpha value is -0.693. The fraction of sp³-hybridized carbons (Fsp3) is 0.885. The Morgan fingerprint density at radius 3 is 2.31 bits per heavy atom. The molecule has 0 bridgehead atoms. The fourth-order valence-electron chi connectivity index (χ4n) is 4.38. The third-order valence-corrected chi connectivity index (χ3v) is 12.0. The third-order valence-electron chi connectivity index (χ3n) is 7.49. The first-order valence-corrected chi connectivity index (χ1v) is 15.7. The van der Waals surface area contributed by atoms with Crippen molar-refractivity contribution in [1.82, 2.24) is 0 Å². The van der Waals surface area contributed by atoms with Crippen LogP contribution in [0.1, 0.15) is 98.3 Å². The number of unbranched alkanes of at least 4 members (excludes halogenated alkanes) is 5. The number of carboxylic acid groups (broad SMARTS) is 1. The van der Waals surface area contributed by atoms with Gasteiger partial charge in [0.15, 0.2) is 8.32 Å². The van der Waals surface area contributed by atoms with Gasteiger partial charge in [-0.2, -0.15) is 0 Å². The van der Waals surface area contributed by atoms with Crippen LogP contribution in [0.4, 0.5) is 0 Å². The Morgan fingerprint density at radius 1 is 1.06 bits per heavy atom. The van der Waals surface area contributed by atoms with E-state index in [1.54, 1.807) is 0 Å². The largest absolute Gasteiger partial charge is 0.481 e. The van der Waals surface area contributed by atoms with E-state index >= 15 is 0 Å². The van der Waals surface area contributed by atoms with Gasteiger partial charge in [0.05, 0.1) is 18.3 Å². The summed E-state index contributed by atoms with van der Waals surface area (Å²) in [4.78, 5) is 10.6. The summed E-state index contributed by atoms with van der Waals surface area (Å²) in [5.41, 5.74) is 0. The van der Waals surface area contributed by atoms with E-state index in [4.69, 9.17) is 9.53 Å². The van der Waals surface area contributed by atoms with Crippen LogP contribution in [0.15, 0.2) is 12.2 Å². The highest BCUT2D eigenvalue weighted by molar-refractivity contribution is 6.74. The van der Waals surface area contributed by atoms with E-state index in [1.165, 1.54) is 12.8 Å². The van der Waals surface area contributed by atoms with E-state index in [1.807, 2.05) is 0 Å². The van der Waals surface area contributed by atoms with Gasteiger partial charge in [0.1, 0.15) is 0 Å². The molecule has 1 saturated carbocycles. The zero-order valence-corrected chi connectivity index (χ0v) is 22.5. The lowest BCUT2D eigenvalue weighted by Crippen LogP contribution is -2.43. The van der Waals surface area contributed by atoms with E-state index in [0.717, 1.165) is 38.5 Å². The molecular weight excluding hydrogens is 420 g/mol. The fourth-order valence-corrected chi connectivity index (χ4v) is 5.69. The van der Waals surface area contributed by atoms with Gasteiger partial charge in [-0.05, 0) is 43.3 Å². The van der Waals surface area contributed by atoms with Crippen LogP contribution in [-0.4, -0.2) is 47.9 Å². The summed E-state index contributed by atoms with van der Waals surface area (Å²) < 4.78 is 6.71. The molecule has 0 saturated heterocycles. The lowest BCUT2D eigenvalue weighted by atomic mass is 9.88. The van der Waals surface area contributed by atoms with Gasteiger partial charge in [-0.3, -0.25) is 4.79 Å². The summed E-state index contributed by atoms with van der Waals surface area (Å²) in [5.74, 6) is -0.719. The Bertz CT molecular complexity index is 569. The van der Waals surface area contributed by atoms with Crippen LogP contribution in [0.5, 0.6) is 0 Å². The molecule has 0 aromatic rings. The number of aliphatic hydroxyl groups excluding tert-OH is 2. The molecule has 3 N–H and O–H groups in total. The van der Waals surface area contributed by atoms with Crippen LogP contribution in [0.3, 0.4) is 0 Å². The second-order valence-corrected chi connectivity index (χ2v) is 16.0. The maximum Gasteiger partial charge on any atom is 0.303 e. The molecule has 1 unspecified atom stereocenters. The standard InChI is InChI=1S/C26H50O5Si/c1-7-8-11-14-20(31-32(5,6)26(2,3)4)17-18-22-21(23(27)19-24(22)28)15-12-9-10-13-16-25(29)30/h17-18,20-24,27-28H,7-16,19H2,1-6H3,(H,29,30)/b18-17+/t20-,21+,22+,23?,24+/m0/s1. The smallest absolute Gasteiger partial charge is 0.303 e. The van der Waals surface area contributed by atoms with Crippen molar-refractivity contribution >= 4 is 14.3 Å². The van der Waals surface area contributed by atoms with Crippen molar-refractivity contribution in [2.75, 3.05) is 0 Å². The van der Waals surface area contributed by atoms with Crippen LogP contribution >= 0.6 is 0 Å². The Balaban J connectivity index is 2.75. The van der Waals surface area contributed by atoms with Gasteiger partial charge in [-0.1, -0.05) is 78.4 Å². The topological polar surface area (TPSA) is 87.0 Å². The maximum atomic E-state index is 10.6. The first kappa shape index (κ1) is 29.3. The predicted molar refractivity (Wildman–Crippen MR) is 134 cm³/mol. The zero-order chi connectivity index (χ0) is 24.4. The van der Waals surface area contributed by atoms with Crippen molar-refractivity contribution in [3.8, 4) is 0 Å². The van der Waals surface area contributed by atoms with Gasteiger partial charge in [-0.25, -0.2) is 0 Å². The van der Waals surface area contributed by atoms with Crippen LogP contribution in [0.2, 0.25) is 18.1 Å². The van der Waals surface area contributed by atoms with Gasteiger partial charge in [0.25, 0.3) is 0 Å². The summed E-state index contributed by atoms with van der Waals surface area (Å²) in [6.45, 7) is 13.6. The minimum atomic E-state index is -1.90. The molecule has 5 atom stereocenters. The van der Waals surface area contributed by atoms with Gasteiger partial charge < -0.3 is 19.7 Å². The molecule has 0 amide bonds. The van der Waals surface area contributed by atoms with Crippen molar-refractivity contribution in [2.24, 2.45) is 11.8 Å². The van der Waals surface area contributed by atoms with Gasteiger partial charge >= 0.3 is 5.97 Å². The molecule has 0 spiro atoms. The second-order valence-electron chi connectivity index (χ2n) is 11.3. The number of aliphatic hydroxyl groups is 2. The molecular formula is C26H50O5Si. The normalized spacial score (nSPS) is 25.5. The molecule has 1 aliphatic rings. The highest BCUT2D eigenvalue weighted by Crippen LogP contribution is 2.39. The summed E-state index contributed by atoms with van der Waals surface area (Å²) in [7, 11) is -1.90. The van der Waals surface area contributed by atoms with Crippen molar-refractivity contribution in [2.45, 2.75) is 135 Å². The molecule has 1 aliphatic carbocycles. The van der Waals surface area contributed by atoms with Crippen LogP contribution in [0, 0.1) is 11.8 Å². The Labute approximate surface area is 197 Å². The number of carboxylic acids is 1. The maximum absolute atomic E-state index is 10.6. The lowest BCUT2D eigenvalue weighted by molar-refractivity contribution is -0.137. The number of hydrogen-bond acceptors (Lipinski definition) is 4. The molecule has 0 radical (unpaired) electrons. The molecule has 5 nitrogen and oxygen atoms in total. The third kappa shape index (κ3) is 10.1. The number of carbonyl (C=O) groups is 1. The van der Waals surface area contributed by atoms with Crippen LogP contribution in [0.25, 0.3) is 0 Å². The highest BCUT2D eigenvalue weighted by atomic mass is 28.4. The molecule has 1 fully saturated rings. The van der Waals surface area contributed by atoms with E-state index in [-0.39, 0.29) is 29.4 Å². The Kier molecular flexibility index (Phi) is 12.7. The minimum absolute atomic E-state index is 0.0410. The summed E-state index contributed by atoms with van der Waals surface area (Å²) in [5, 5.41) is 30.1. The van der Waals surface area contributed by atoms with Gasteiger partial charge in [-0.15, -0.1) is 0 Å². The molecule has 1 rings (SSSR count). The number of hydrogen-bond donors (Lipinski definition) is 3. The van der Waals surface area contributed by atoms with E-state index in [9.17, 15) is 15.0 Å². The molecule has 0 aromatic heterocycles. The monoisotopic (exact) mass is 470 g/mol. The quantitative estimate of drug-likeness (QED) is 0.149. The molecule has 0 aromatic carbocycles. The molecule has 188 valence electrons. The SMILES string of the molecule is CCCCC[C@@H](/C=C/[C@H]1[C@H](O)CC(O)[C@@H]1CCCCCCC(=O)O)O[Si](C)(C)C(C)(C)C. The number of rotatable bonds is 15. The second kappa shape index (κ2) is 13.9. The van der Waals surface area contributed by atoms with Gasteiger partial charge in [0, 0.05) is 18.8 Å². The van der Waals surface area contributed by atoms with Crippen molar-refractivity contribution in [3.63, 3.8) is 0 Å². The highest BCUT2D eigenvalue weighted by Gasteiger charge is 2.41. The van der Waals surface area contributed by atoms with E-state index < -0.39 is 26.5 Å². The zero-order valence-electron chi connectivity index (χ0n) is 21.5. The van der Waals surface area contributed by atoms with E-state index in [0.29, 0.717) is 12.8 Å². The Morgan fingerprint density at radius 2 is 1.72 bits per heavy atom. The molecule has 0 aliphatic heterocycles. The summed E-state index contributed by atoms with van der Waals surface area (Å²) in [6.07, 6.45) is 12.9. The summed E-state index contributed by atoms with van der Waals surface area (Å²) in [6, 6.07) is 0. The van der Waals surface area contributed by atoms with Crippen LogP contribution < -0.4 is 0 Å². The van der Waals surface area contributed by atoms with Crippen molar-refractivity contribution < 1.29 is 24.5 Å². The molecule has 32 heavy (non-hydrogen) atoms. The van der Waals surface area contributed by atoms with E-state index in [2.05, 4.69) is 52.9 Å². The van der Waals surface area contributed by atoms with Crippen molar-refractivity contribution in [1.29, 1.82) is 0 Å². The average molecular weight is 471 g/mol.